The van der Waals surface area contributed by atoms with E-state index in [0.717, 1.165) is 33.1 Å². The molecule has 2 heterocycles. The van der Waals surface area contributed by atoms with Gasteiger partial charge in [-0.15, -0.1) is 11.3 Å². The number of pyridine rings is 1. The van der Waals surface area contributed by atoms with Crippen LogP contribution in [0.5, 0.6) is 0 Å². The first-order valence-electron chi connectivity index (χ1n) is 10.4. The Hall–Kier alpha value is -2.90. The van der Waals surface area contributed by atoms with Crippen LogP contribution in [0, 0.1) is 5.82 Å². The van der Waals surface area contributed by atoms with Crippen molar-refractivity contribution >= 4 is 26.9 Å². The molecule has 0 aliphatic rings. The summed E-state index contributed by atoms with van der Waals surface area (Å²) in [5.41, 5.74) is 2.55. The van der Waals surface area contributed by atoms with Gasteiger partial charge < -0.3 is 0 Å². The Balaban J connectivity index is 1.84. The van der Waals surface area contributed by atoms with Gasteiger partial charge >= 0.3 is 0 Å². The zero-order valence-corrected chi connectivity index (χ0v) is 19.8. The quantitative estimate of drug-likeness (QED) is 0.304. The number of rotatable bonds is 6. The van der Waals surface area contributed by atoms with Crippen LogP contribution < -0.4 is 0 Å². The number of aromatic nitrogens is 2. The number of hydrogen-bond donors (Lipinski definition) is 0. The molecule has 0 bridgehead atoms. The average Bonchev–Trinajstić information content (AvgIpc) is 3.25. The normalized spacial score (nSPS) is 13.2. The third-order valence-corrected chi connectivity index (χ3v) is 8.98. The summed E-state index contributed by atoms with van der Waals surface area (Å²) in [6.07, 6.45) is 2.48. The predicted molar refractivity (Wildman–Crippen MR) is 130 cm³/mol. The fraction of sp³-hybridized carbons (Fsp3) is 0.200. The van der Waals surface area contributed by atoms with Crippen LogP contribution in [0.25, 0.3) is 21.7 Å². The van der Waals surface area contributed by atoms with Crippen molar-refractivity contribution in [3.63, 3.8) is 0 Å². The molecule has 32 heavy (non-hydrogen) atoms. The molecule has 0 saturated carbocycles. The highest BCUT2D eigenvalue weighted by Gasteiger charge is 2.19. The summed E-state index contributed by atoms with van der Waals surface area (Å²) in [6.45, 7) is 5.88. The molecule has 0 aliphatic heterocycles. The maximum Gasteiger partial charge on any atom is 0.162 e. The maximum atomic E-state index is 13.8. The molecular formula is C25H24FN3OS2. The highest BCUT2D eigenvalue weighted by Crippen LogP contribution is 2.38. The highest BCUT2D eigenvalue weighted by molar-refractivity contribution is 7.94. The van der Waals surface area contributed by atoms with Gasteiger partial charge in [-0.05, 0) is 74.4 Å². The highest BCUT2D eigenvalue weighted by atomic mass is 32.2. The van der Waals surface area contributed by atoms with Crippen molar-refractivity contribution < 1.29 is 8.60 Å². The van der Waals surface area contributed by atoms with E-state index in [9.17, 15) is 8.60 Å². The molecule has 1 atom stereocenters. The van der Waals surface area contributed by atoms with Gasteiger partial charge in [-0.2, -0.15) is 4.36 Å². The monoisotopic (exact) mass is 465 g/mol. The molecule has 7 heteroatoms. The van der Waals surface area contributed by atoms with E-state index in [0.29, 0.717) is 10.7 Å². The van der Waals surface area contributed by atoms with E-state index in [4.69, 9.17) is 4.98 Å². The van der Waals surface area contributed by atoms with Crippen molar-refractivity contribution in [3.05, 3.63) is 83.8 Å². The first kappa shape index (κ1) is 22.3. The van der Waals surface area contributed by atoms with E-state index in [1.807, 2.05) is 56.3 Å². The minimum Gasteiger partial charge on any atom is -0.244 e. The molecule has 0 fully saturated rings. The van der Waals surface area contributed by atoms with Crippen LogP contribution in [0.2, 0.25) is 0 Å². The fourth-order valence-electron chi connectivity index (χ4n) is 3.31. The minimum absolute atomic E-state index is 0.180. The second-order valence-electron chi connectivity index (χ2n) is 7.57. The molecule has 2 aromatic heterocycles. The van der Waals surface area contributed by atoms with Crippen LogP contribution in [0.4, 0.5) is 10.2 Å². The fourth-order valence-corrected chi connectivity index (χ4v) is 6.12. The second kappa shape index (κ2) is 9.30. The Morgan fingerprint density at radius 3 is 2.41 bits per heavy atom. The molecule has 1 unspecified atom stereocenters. The van der Waals surface area contributed by atoms with Gasteiger partial charge in [-0.3, -0.25) is 0 Å². The van der Waals surface area contributed by atoms with Gasteiger partial charge in [0.05, 0.1) is 25.3 Å². The number of halogens is 1. The number of benzene rings is 2. The minimum atomic E-state index is -2.69. The van der Waals surface area contributed by atoms with Gasteiger partial charge in [0.25, 0.3) is 0 Å². The van der Waals surface area contributed by atoms with Crippen molar-refractivity contribution in [2.24, 2.45) is 4.36 Å². The van der Waals surface area contributed by atoms with Crippen LogP contribution in [0.1, 0.15) is 25.8 Å². The van der Waals surface area contributed by atoms with Crippen LogP contribution in [-0.4, -0.2) is 19.4 Å². The van der Waals surface area contributed by atoms with Crippen LogP contribution in [0.3, 0.4) is 0 Å². The lowest BCUT2D eigenvalue weighted by Crippen LogP contribution is -2.13. The number of aryl methyl sites for hydroxylation is 1. The van der Waals surface area contributed by atoms with E-state index >= 15 is 0 Å². The largest absolute Gasteiger partial charge is 0.244 e. The predicted octanol–water partition coefficient (Wildman–Crippen LogP) is 7.14. The van der Waals surface area contributed by atoms with Crippen LogP contribution in [-0.2, 0) is 16.1 Å². The Morgan fingerprint density at radius 1 is 1.03 bits per heavy atom. The summed E-state index contributed by atoms with van der Waals surface area (Å²) in [7, 11) is -2.69. The molecule has 0 N–H and O–H groups in total. The Kier molecular flexibility index (Phi) is 6.48. The topological polar surface area (TPSA) is 55.2 Å². The summed E-state index contributed by atoms with van der Waals surface area (Å²) in [4.78, 5) is 10.8. The number of hydrogen-bond acceptors (Lipinski definition) is 5. The molecule has 0 spiro atoms. The van der Waals surface area contributed by atoms with Crippen molar-refractivity contribution in [1.29, 1.82) is 0 Å². The second-order valence-corrected chi connectivity index (χ2v) is 11.4. The average molecular weight is 466 g/mol. The van der Waals surface area contributed by atoms with E-state index in [-0.39, 0.29) is 11.1 Å². The van der Waals surface area contributed by atoms with Gasteiger partial charge in [-0.25, -0.2) is 18.6 Å². The number of thiazole rings is 1. The van der Waals surface area contributed by atoms with E-state index in [1.165, 1.54) is 12.1 Å². The first-order valence-corrected chi connectivity index (χ1v) is 12.8. The lowest BCUT2D eigenvalue weighted by molar-refractivity contribution is 0.628. The Morgan fingerprint density at radius 2 is 1.75 bits per heavy atom. The smallest absolute Gasteiger partial charge is 0.162 e. The summed E-state index contributed by atoms with van der Waals surface area (Å²) < 4.78 is 31.9. The molecule has 4 rings (SSSR count). The van der Waals surface area contributed by atoms with Gasteiger partial charge in [0.1, 0.15) is 5.82 Å². The zero-order chi connectivity index (χ0) is 22.7. The standard InChI is InChI=1S/C25H24FN3OS2/c1-4-23-28-24(18-10-12-20(26)13-11-18)25(31-23)19-14-15-27-22(16-19)29-32(30,17(2)3)21-8-6-5-7-9-21/h5-17H,4H2,1-3H3. The molecule has 164 valence electrons. The van der Waals surface area contributed by atoms with Gasteiger partial charge in [-0.1, -0.05) is 25.1 Å². The van der Waals surface area contributed by atoms with Crippen molar-refractivity contribution in [2.75, 3.05) is 0 Å². The molecule has 0 amide bonds. The van der Waals surface area contributed by atoms with Gasteiger partial charge in [0.15, 0.2) is 5.82 Å². The third kappa shape index (κ3) is 4.49. The van der Waals surface area contributed by atoms with Gasteiger partial charge in [0.2, 0.25) is 0 Å². The number of nitrogens with zero attached hydrogens (tertiary/aromatic N) is 3. The lowest BCUT2D eigenvalue weighted by atomic mass is 10.1. The summed E-state index contributed by atoms with van der Waals surface area (Å²) in [5.74, 6) is 0.136. The molecular weight excluding hydrogens is 441 g/mol. The zero-order valence-electron chi connectivity index (χ0n) is 18.2. The van der Waals surface area contributed by atoms with Crippen molar-refractivity contribution in [1.82, 2.24) is 9.97 Å². The van der Waals surface area contributed by atoms with Gasteiger partial charge in [0, 0.05) is 21.9 Å². The Bertz CT molecular complexity index is 1340. The SMILES string of the molecule is CCc1nc(-c2ccc(F)cc2)c(-c2ccnc(N=S(=O)(c3ccccc3)C(C)C)c2)s1. The van der Waals surface area contributed by atoms with Crippen LogP contribution in [0.15, 0.2) is 82.2 Å². The molecule has 4 nitrogen and oxygen atoms in total. The summed E-state index contributed by atoms with van der Waals surface area (Å²) in [6, 6.07) is 19.4. The van der Waals surface area contributed by atoms with E-state index in [2.05, 4.69) is 16.3 Å². The molecule has 4 aromatic rings. The molecule has 0 aliphatic carbocycles. The Labute approximate surface area is 192 Å². The summed E-state index contributed by atoms with van der Waals surface area (Å²) >= 11 is 1.60. The first-order chi connectivity index (χ1) is 15.4. The van der Waals surface area contributed by atoms with E-state index < -0.39 is 9.73 Å². The van der Waals surface area contributed by atoms with Crippen molar-refractivity contribution in [3.8, 4) is 21.7 Å². The summed E-state index contributed by atoms with van der Waals surface area (Å²) in [5, 5.41) is 0.810. The van der Waals surface area contributed by atoms with Crippen LogP contribution >= 0.6 is 11.3 Å². The lowest BCUT2D eigenvalue weighted by Gasteiger charge is -2.14. The maximum absolute atomic E-state index is 13.8. The molecule has 0 saturated heterocycles. The molecule has 0 radical (unpaired) electrons. The third-order valence-electron chi connectivity index (χ3n) is 5.05. The van der Waals surface area contributed by atoms with Crippen molar-refractivity contribution in [2.45, 2.75) is 37.3 Å². The van der Waals surface area contributed by atoms with E-state index in [1.54, 1.807) is 29.7 Å². The molecule has 2 aromatic carbocycles.